The Balaban J connectivity index is 1.51. The first-order valence-electron chi connectivity index (χ1n) is 7.91. The zero-order valence-electron chi connectivity index (χ0n) is 14.2. The summed E-state index contributed by atoms with van der Waals surface area (Å²) in [7, 11) is 1.60. The number of anilines is 1. The zero-order valence-corrected chi connectivity index (χ0v) is 15.0. The fraction of sp³-hybridized carbons (Fsp3) is 0.600. The molecular formula is C15H22N6O2S. The van der Waals surface area contributed by atoms with Gasteiger partial charge in [0.05, 0.1) is 18.3 Å². The monoisotopic (exact) mass is 350 g/mol. The van der Waals surface area contributed by atoms with Crippen LogP contribution in [-0.2, 0) is 16.1 Å². The van der Waals surface area contributed by atoms with Crippen LogP contribution in [0.5, 0.6) is 0 Å². The first-order chi connectivity index (χ1) is 11.5. The van der Waals surface area contributed by atoms with Gasteiger partial charge in [0.15, 0.2) is 0 Å². The van der Waals surface area contributed by atoms with Crippen LogP contribution in [0, 0.1) is 13.8 Å². The van der Waals surface area contributed by atoms with Crippen molar-refractivity contribution in [2.24, 2.45) is 0 Å². The molecule has 24 heavy (non-hydrogen) atoms. The Morgan fingerprint density at radius 1 is 1.46 bits per heavy atom. The molecular weight excluding hydrogens is 328 g/mol. The molecule has 2 aromatic rings. The molecule has 0 bridgehead atoms. The second kappa shape index (κ2) is 7.37. The lowest BCUT2D eigenvalue weighted by Gasteiger charge is -2.16. The summed E-state index contributed by atoms with van der Waals surface area (Å²) >= 11 is 1.33. The van der Waals surface area contributed by atoms with Crippen LogP contribution >= 0.6 is 11.3 Å². The molecule has 9 heteroatoms. The van der Waals surface area contributed by atoms with Gasteiger partial charge in [-0.15, -0.1) is 10.2 Å². The second-order valence-corrected chi connectivity index (χ2v) is 7.09. The van der Waals surface area contributed by atoms with Gasteiger partial charge >= 0.3 is 0 Å². The van der Waals surface area contributed by atoms with E-state index in [-0.39, 0.29) is 5.91 Å². The van der Waals surface area contributed by atoms with Crippen LogP contribution in [0.15, 0.2) is 6.07 Å². The van der Waals surface area contributed by atoms with Crippen LogP contribution < -0.4 is 5.32 Å². The molecule has 1 N–H and O–H groups in total. The number of nitrogens with zero attached hydrogens (tertiary/aromatic N) is 5. The van der Waals surface area contributed by atoms with E-state index in [1.807, 2.05) is 6.92 Å². The van der Waals surface area contributed by atoms with Gasteiger partial charge in [-0.2, -0.15) is 5.10 Å². The van der Waals surface area contributed by atoms with Gasteiger partial charge in [-0.1, -0.05) is 11.3 Å². The number of likely N-dealkylation sites (tertiary alicyclic amines) is 1. The summed E-state index contributed by atoms with van der Waals surface area (Å²) in [6.07, 6.45) is 1.01. The highest BCUT2D eigenvalue weighted by molar-refractivity contribution is 7.15. The molecule has 0 aromatic carbocycles. The van der Waals surface area contributed by atoms with E-state index in [1.165, 1.54) is 17.0 Å². The molecule has 130 valence electrons. The lowest BCUT2D eigenvalue weighted by Crippen LogP contribution is -2.32. The average Bonchev–Trinajstić information content (AvgIpc) is 3.21. The Morgan fingerprint density at radius 2 is 2.29 bits per heavy atom. The van der Waals surface area contributed by atoms with Crippen LogP contribution in [0.3, 0.4) is 0 Å². The quantitative estimate of drug-likeness (QED) is 0.847. The van der Waals surface area contributed by atoms with E-state index < -0.39 is 0 Å². The van der Waals surface area contributed by atoms with Crippen LogP contribution in [0.2, 0.25) is 0 Å². The minimum atomic E-state index is -0.0656. The number of aryl methyl sites for hydroxylation is 2. The van der Waals surface area contributed by atoms with Gasteiger partial charge in [-0.25, -0.2) is 0 Å². The molecule has 0 saturated carbocycles. The van der Waals surface area contributed by atoms with E-state index in [1.54, 1.807) is 7.11 Å². The predicted octanol–water partition coefficient (Wildman–Crippen LogP) is 1.38. The van der Waals surface area contributed by atoms with Crippen LogP contribution in [0.25, 0.3) is 0 Å². The molecule has 3 heterocycles. The van der Waals surface area contributed by atoms with E-state index in [0.717, 1.165) is 30.2 Å². The summed E-state index contributed by atoms with van der Waals surface area (Å²) in [6, 6.07) is 2.42. The third-order valence-electron chi connectivity index (χ3n) is 3.99. The van der Waals surface area contributed by atoms with E-state index in [0.29, 0.717) is 24.3 Å². The highest BCUT2D eigenvalue weighted by atomic mass is 32.1. The number of methoxy groups -OCH3 is 1. The topological polar surface area (TPSA) is 85.2 Å². The van der Waals surface area contributed by atoms with Gasteiger partial charge in [0.25, 0.3) is 0 Å². The third kappa shape index (κ3) is 3.97. The fourth-order valence-electron chi connectivity index (χ4n) is 3.02. The molecule has 1 aliphatic heterocycles. The highest BCUT2D eigenvalue weighted by Gasteiger charge is 2.27. The number of carbonyl (C=O) groups is 1. The molecule has 1 saturated heterocycles. The van der Waals surface area contributed by atoms with E-state index in [4.69, 9.17) is 4.74 Å². The van der Waals surface area contributed by atoms with Crippen molar-refractivity contribution in [2.45, 2.75) is 32.9 Å². The first-order valence-corrected chi connectivity index (χ1v) is 8.73. The first kappa shape index (κ1) is 17.0. The van der Waals surface area contributed by atoms with Crippen LogP contribution in [-0.4, -0.2) is 57.5 Å². The Kier molecular flexibility index (Phi) is 5.22. The molecule has 2 aromatic heterocycles. The lowest BCUT2D eigenvalue weighted by molar-refractivity contribution is -0.117. The normalized spacial score (nSPS) is 18.2. The summed E-state index contributed by atoms with van der Waals surface area (Å²) in [5.74, 6) is -0.0656. The van der Waals surface area contributed by atoms with Crippen LogP contribution in [0.1, 0.15) is 28.9 Å². The second-order valence-electron chi connectivity index (χ2n) is 6.03. The van der Waals surface area contributed by atoms with Gasteiger partial charge in [-0.05, 0) is 26.3 Å². The minimum Gasteiger partial charge on any atom is -0.377 e. The van der Waals surface area contributed by atoms with Gasteiger partial charge < -0.3 is 4.74 Å². The zero-order chi connectivity index (χ0) is 17.1. The molecule has 0 unspecified atom stereocenters. The smallest absolute Gasteiger partial charge is 0.240 e. The Morgan fingerprint density at radius 3 is 3.00 bits per heavy atom. The SMILES string of the molecule is COCc1nnc(NC(=O)CN2CC[C@@H](n3nc(C)cc3C)C2)s1. The van der Waals surface area contributed by atoms with Gasteiger partial charge in [0, 0.05) is 25.9 Å². The largest absolute Gasteiger partial charge is 0.377 e. The highest BCUT2D eigenvalue weighted by Crippen LogP contribution is 2.23. The fourth-order valence-corrected chi connectivity index (χ4v) is 3.75. The van der Waals surface area contributed by atoms with Crippen molar-refractivity contribution in [2.75, 3.05) is 32.1 Å². The molecule has 1 fully saturated rings. The number of hydrogen-bond donors (Lipinski definition) is 1. The van der Waals surface area contributed by atoms with Gasteiger partial charge in [-0.3, -0.25) is 19.7 Å². The molecule has 0 radical (unpaired) electrons. The molecule has 1 aliphatic rings. The lowest BCUT2D eigenvalue weighted by atomic mass is 10.2. The number of rotatable bonds is 6. The molecule has 8 nitrogen and oxygen atoms in total. The number of amides is 1. The van der Waals surface area contributed by atoms with Crippen molar-refractivity contribution in [3.63, 3.8) is 0 Å². The molecule has 3 rings (SSSR count). The maximum atomic E-state index is 12.2. The number of aromatic nitrogens is 4. The Hall–Kier alpha value is -1.84. The summed E-state index contributed by atoms with van der Waals surface area (Å²) in [5.41, 5.74) is 2.20. The molecule has 1 amide bonds. The number of nitrogens with one attached hydrogen (secondary N) is 1. The summed E-state index contributed by atoms with van der Waals surface area (Å²) < 4.78 is 7.08. The van der Waals surface area contributed by atoms with E-state index in [2.05, 4.69) is 43.2 Å². The summed E-state index contributed by atoms with van der Waals surface area (Å²) in [4.78, 5) is 14.3. The summed E-state index contributed by atoms with van der Waals surface area (Å²) in [6.45, 7) is 6.56. The van der Waals surface area contributed by atoms with Crippen molar-refractivity contribution in [1.82, 2.24) is 24.9 Å². The van der Waals surface area contributed by atoms with Gasteiger partial charge in [0.2, 0.25) is 11.0 Å². The Bertz CT molecular complexity index is 713. The molecule has 0 aliphatic carbocycles. The third-order valence-corrected chi connectivity index (χ3v) is 4.80. The standard InChI is InChI=1S/C15H22N6O2S/c1-10-6-11(2)21(19-10)12-4-5-20(7-12)8-13(22)16-15-18-17-14(24-15)9-23-3/h6,12H,4-5,7-9H2,1-3H3,(H,16,18,22)/t12-/m1/s1. The molecule has 0 spiro atoms. The van der Waals surface area contributed by atoms with Crippen molar-refractivity contribution >= 4 is 22.4 Å². The van der Waals surface area contributed by atoms with Crippen molar-refractivity contribution in [1.29, 1.82) is 0 Å². The van der Waals surface area contributed by atoms with Crippen molar-refractivity contribution in [3.05, 3.63) is 22.5 Å². The average molecular weight is 350 g/mol. The maximum absolute atomic E-state index is 12.2. The molecule has 1 atom stereocenters. The predicted molar refractivity (Wildman–Crippen MR) is 91.0 cm³/mol. The maximum Gasteiger partial charge on any atom is 0.240 e. The number of hydrogen-bond acceptors (Lipinski definition) is 7. The summed E-state index contributed by atoms with van der Waals surface area (Å²) in [5, 5.41) is 16.5. The Labute approximate surface area is 144 Å². The van der Waals surface area contributed by atoms with Crippen molar-refractivity contribution < 1.29 is 9.53 Å². The van der Waals surface area contributed by atoms with Crippen LogP contribution in [0.4, 0.5) is 5.13 Å². The minimum absolute atomic E-state index is 0.0656. The number of ether oxygens (including phenoxy) is 1. The van der Waals surface area contributed by atoms with E-state index in [9.17, 15) is 4.79 Å². The number of carbonyl (C=O) groups excluding carboxylic acids is 1. The van der Waals surface area contributed by atoms with Crippen molar-refractivity contribution in [3.8, 4) is 0 Å². The van der Waals surface area contributed by atoms with E-state index >= 15 is 0 Å². The van der Waals surface area contributed by atoms with Gasteiger partial charge in [0.1, 0.15) is 11.6 Å².